The molecule has 2 unspecified atom stereocenters. The van der Waals surface area contributed by atoms with Gasteiger partial charge < -0.3 is 15.2 Å². The molecule has 0 amide bonds. The molecule has 2 fully saturated rings. The predicted molar refractivity (Wildman–Crippen MR) is 64.5 cm³/mol. The lowest BCUT2D eigenvalue weighted by Gasteiger charge is -2.31. The molecule has 1 saturated heterocycles. The van der Waals surface area contributed by atoms with E-state index in [4.69, 9.17) is 4.74 Å². The van der Waals surface area contributed by atoms with Gasteiger partial charge in [0.25, 0.3) is 0 Å². The van der Waals surface area contributed by atoms with Crippen molar-refractivity contribution in [2.45, 2.75) is 64.2 Å². The van der Waals surface area contributed by atoms with E-state index in [2.05, 4.69) is 5.32 Å². The van der Waals surface area contributed by atoms with Gasteiger partial charge in [-0.2, -0.15) is 0 Å². The third-order valence-electron chi connectivity index (χ3n) is 4.34. The molecule has 2 rings (SSSR count). The maximum atomic E-state index is 12.1. The lowest BCUT2D eigenvalue weighted by atomic mass is 9.89. The zero-order valence-electron chi connectivity index (χ0n) is 11.0. The monoisotopic (exact) mass is 241 g/mol. The third-order valence-corrected chi connectivity index (χ3v) is 4.34. The molecule has 1 saturated carbocycles. The zero-order chi connectivity index (χ0) is 12.7. The molecular formula is C13H23NO3. The number of carbonyl (C=O) groups excluding carboxylic acids is 1. The number of esters is 1. The van der Waals surface area contributed by atoms with E-state index in [0.717, 1.165) is 25.8 Å². The molecule has 0 aromatic heterocycles. The van der Waals surface area contributed by atoms with Gasteiger partial charge in [-0.3, -0.25) is 4.79 Å². The fraction of sp³-hybridized carbons (Fsp3) is 0.923. The fourth-order valence-corrected chi connectivity index (χ4v) is 2.59. The van der Waals surface area contributed by atoms with Gasteiger partial charge in [-0.05, 0) is 39.5 Å². The van der Waals surface area contributed by atoms with Crippen LogP contribution in [0.3, 0.4) is 0 Å². The van der Waals surface area contributed by atoms with Crippen molar-refractivity contribution in [3.8, 4) is 0 Å². The highest BCUT2D eigenvalue weighted by Crippen LogP contribution is 2.37. The third kappa shape index (κ3) is 2.33. The Kier molecular flexibility index (Phi) is 3.21. The summed E-state index contributed by atoms with van der Waals surface area (Å²) in [6.45, 7) is 6.63. The summed E-state index contributed by atoms with van der Waals surface area (Å²) in [7, 11) is 0. The second-order valence-corrected chi connectivity index (χ2v) is 5.93. The molecule has 0 bridgehead atoms. The predicted octanol–water partition coefficient (Wildman–Crippen LogP) is 1.22. The number of carbonyl (C=O) groups is 1. The van der Waals surface area contributed by atoms with Crippen LogP contribution in [0.2, 0.25) is 0 Å². The summed E-state index contributed by atoms with van der Waals surface area (Å²) in [6, 6.07) is 0.228. The van der Waals surface area contributed by atoms with Gasteiger partial charge in [-0.1, -0.05) is 6.92 Å². The highest BCUT2D eigenvalue weighted by molar-refractivity contribution is 5.77. The van der Waals surface area contributed by atoms with Gasteiger partial charge in [0.1, 0.15) is 11.7 Å². The maximum absolute atomic E-state index is 12.1. The van der Waals surface area contributed by atoms with Gasteiger partial charge >= 0.3 is 5.97 Å². The summed E-state index contributed by atoms with van der Waals surface area (Å²) in [5, 5.41) is 13.5. The van der Waals surface area contributed by atoms with E-state index < -0.39 is 11.0 Å². The Morgan fingerprint density at radius 2 is 2.24 bits per heavy atom. The highest BCUT2D eigenvalue weighted by atomic mass is 16.6. The number of nitrogens with one attached hydrogen (secondary N) is 1. The summed E-state index contributed by atoms with van der Waals surface area (Å²) < 4.78 is 5.56. The quantitative estimate of drug-likeness (QED) is 0.573. The Labute approximate surface area is 103 Å². The Bertz CT molecular complexity index is 312. The van der Waals surface area contributed by atoms with Crippen molar-refractivity contribution in [1.29, 1.82) is 0 Å². The van der Waals surface area contributed by atoms with Crippen LogP contribution in [0.1, 0.15) is 46.5 Å². The van der Waals surface area contributed by atoms with Gasteiger partial charge in [0, 0.05) is 12.6 Å². The van der Waals surface area contributed by atoms with Crippen LogP contribution >= 0.6 is 0 Å². The first-order chi connectivity index (χ1) is 7.90. The van der Waals surface area contributed by atoms with Crippen LogP contribution in [0.4, 0.5) is 0 Å². The Balaban J connectivity index is 1.98. The second-order valence-electron chi connectivity index (χ2n) is 5.93. The first-order valence-electron chi connectivity index (χ1n) is 6.57. The van der Waals surface area contributed by atoms with Gasteiger partial charge in [0.05, 0.1) is 5.41 Å². The van der Waals surface area contributed by atoms with Gasteiger partial charge in [0.2, 0.25) is 0 Å². The van der Waals surface area contributed by atoms with Crippen molar-refractivity contribution < 1.29 is 14.6 Å². The number of hydrogen-bond acceptors (Lipinski definition) is 4. The molecular weight excluding hydrogens is 218 g/mol. The normalized spacial score (nSPS) is 36.9. The van der Waals surface area contributed by atoms with Crippen LogP contribution < -0.4 is 5.32 Å². The number of rotatable bonds is 4. The van der Waals surface area contributed by atoms with E-state index in [0.29, 0.717) is 6.42 Å². The van der Waals surface area contributed by atoms with Gasteiger partial charge in [-0.25, -0.2) is 0 Å². The molecule has 2 aliphatic rings. The summed E-state index contributed by atoms with van der Waals surface area (Å²) in [5.41, 5.74) is -1.29. The van der Waals surface area contributed by atoms with Crippen LogP contribution in [0.25, 0.3) is 0 Å². The van der Waals surface area contributed by atoms with E-state index in [9.17, 15) is 9.90 Å². The minimum atomic E-state index is -0.803. The average Bonchev–Trinajstić information content (AvgIpc) is 3.07. The lowest BCUT2D eigenvalue weighted by molar-refractivity contribution is -0.171. The Morgan fingerprint density at radius 1 is 1.59 bits per heavy atom. The van der Waals surface area contributed by atoms with Crippen LogP contribution in [0, 0.1) is 5.41 Å². The molecule has 98 valence electrons. The molecule has 1 heterocycles. The Hall–Kier alpha value is -0.610. The van der Waals surface area contributed by atoms with E-state index in [1.165, 1.54) is 0 Å². The van der Waals surface area contributed by atoms with Crippen LogP contribution in [-0.2, 0) is 9.53 Å². The summed E-state index contributed by atoms with van der Waals surface area (Å²) in [5.74, 6) is -0.189. The van der Waals surface area contributed by atoms with Crippen molar-refractivity contribution in [1.82, 2.24) is 5.32 Å². The van der Waals surface area contributed by atoms with Crippen LogP contribution in [0.15, 0.2) is 0 Å². The molecule has 1 aliphatic carbocycles. The van der Waals surface area contributed by atoms with E-state index in [1.807, 2.05) is 20.8 Å². The first kappa shape index (κ1) is 12.8. The topological polar surface area (TPSA) is 68.5 Å². The summed E-state index contributed by atoms with van der Waals surface area (Å²) in [4.78, 5) is 12.1. The smallest absolute Gasteiger partial charge is 0.313 e. The molecule has 0 spiro atoms. The maximum Gasteiger partial charge on any atom is 0.313 e. The van der Waals surface area contributed by atoms with Crippen molar-refractivity contribution in [2.24, 2.45) is 5.41 Å². The minimum Gasteiger partial charge on any atom is -0.459 e. The minimum absolute atomic E-state index is 0.189. The molecule has 1 aliphatic heterocycles. The highest BCUT2D eigenvalue weighted by Gasteiger charge is 2.48. The van der Waals surface area contributed by atoms with Crippen molar-refractivity contribution >= 4 is 5.97 Å². The first-order valence-corrected chi connectivity index (χ1v) is 6.57. The number of ether oxygens (including phenoxy) is 1. The van der Waals surface area contributed by atoms with Gasteiger partial charge in [0.15, 0.2) is 0 Å². The SMILES string of the molecule is CCC1(O)CCCC1OC(=O)C(C)(C)[C@H]1CN1. The fourth-order valence-electron chi connectivity index (χ4n) is 2.59. The summed E-state index contributed by atoms with van der Waals surface area (Å²) >= 11 is 0. The zero-order valence-corrected chi connectivity index (χ0v) is 11.0. The number of aliphatic hydroxyl groups is 1. The molecule has 4 heteroatoms. The van der Waals surface area contributed by atoms with Crippen molar-refractivity contribution in [2.75, 3.05) is 6.54 Å². The Morgan fingerprint density at radius 3 is 2.76 bits per heavy atom. The number of hydrogen-bond donors (Lipinski definition) is 2. The standard InChI is InChI=1S/C13H23NO3/c1-4-13(16)7-5-6-10(13)17-11(15)12(2,3)9-8-14-9/h9-10,14,16H,4-8H2,1-3H3/t9-,10?,13?/m1/s1. The lowest BCUT2D eigenvalue weighted by Crippen LogP contribution is -2.43. The molecule has 0 aromatic rings. The van der Waals surface area contributed by atoms with Crippen LogP contribution in [-0.4, -0.2) is 35.4 Å². The molecule has 17 heavy (non-hydrogen) atoms. The molecule has 4 nitrogen and oxygen atoms in total. The van der Waals surface area contributed by atoms with E-state index in [-0.39, 0.29) is 18.1 Å². The van der Waals surface area contributed by atoms with E-state index >= 15 is 0 Å². The van der Waals surface area contributed by atoms with E-state index in [1.54, 1.807) is 0 Å². The van der Waals surface area contributed by atoms with Crippen molar-refractivity contribution in [3.05, 3.63) is 0 Å². The van der Waals surface area contributed by atoms with Crippen molar-refractivity contribution in [3.63, 3.8) is 0 Å². The average molecular weight is 241 g/mol. The van der Waals surface area contributed by atoms with Gasteiger partial charge in [-0.15, -0.1) is 0 Å². The molecule has 0 radical (unpaired) electrons. The summed E-state index contributed by atoms with van der Waals surface area (Å²) in [6.07, 6.45) is 2.78. The molecule has 3 atom stereocenters. The van der Waals surface area contributed by atoms with Crippen LogP contribution in [0.5, 0.6) is 0 Å². The molecule has 2 N–H and O–H groups in total. The molecule has 0 aromatic carbocycles. The second kappa shape index (κ2) is 4.25. The largest absolute Gasteiger partial charge is 0.459 e.